The van der Waals surface area contributed by atoms with Gasteiger partial charge in [0, 0.05) is 47.3 Å². The molecule has 2 unspecified atom stereocenters. The van der Waals surface area contributed by atoms with E-state index in [1.807, 2.05) is 72.8 Å². The average Bonchev–Trinajstić information content (AvgIpc) is 3.57. The maximum atomic E-state index is 13.3. The van der Waals surface area contributed by atoms with E-state index < -0.39 is 5.60 Å². The van der Waals surface area contributed by atoms with Crippen molar-refractivity contribution in [1.82, 2.24) is 0 Å². The Morgan fingerprint density at radius 1 is 0.923 bits per heavy atom. The van der Waals surface area contributed by atoms with Crippen LogP contribution < -0.4 is 15.4 Å². The largest absolute Gasteiger partial charge is 0.456 e. The van der Waals surface area contributed by atoms with Crippen LogP contribution in [0.4, 0.5) is 17.1 Å². The van der Waals surface area contributed by atoms with E-state index in [4.69, 9.17) is 25.8 Å². The van der Waals surface area contributed by atoms with Crippen LogP contribution in [0.25, 0.3) is 0 Å². The summed E-state index contributed by atoms with van der Waals surface area (Å²) in [5.74, 6) is 0.928. The summed E-state index contributed by atoms with van der Waals surface area (Å²) in [6, 6.07) is 25.1. The normalized spacial score (nSPS) is 20.6. The SMILES string of the molecule is Cc1cc2c(cc1NCC1CCCO1)Oc1ccc(Nc3ccccc3Cl)cc1C21OC(=O)c2ccccc21. The molecule has 3 aliphatic heterocycles. The van der Waals surface area contributed by atoms with Crippen LogP contribution in [0.5, 0.6) is 11.5 Å². The summed E-state index contributed by atoms with van der Waals surface area (Å²) in [4.78, 5) is 13.3. The molecule has 0 bridgehead atoms. The van der Waals surface area contributed by atoms with Crippen molar-refractivity contribution in [3.05, 3.63) is 112 Å². The van der Waals surface area contributed by atoms with Gasteiger partial charge in [-0.15, -0.1) is 0 Å². The van der Waals surface area contributed by atoms with E-state index >= 15 is 0 Å². The van der Waals surface area contributed by atoms with Gasteiger partial charge in [-0.3, -0.25) is 0 Å². The summed E-state index contributed by atoms with van der Waals surface area (Å²) in [6.07, 6.45) is 2.36. The number of fused-ring (bicyclic) bond motifs is 6. The van der Waals surface area contributed by atoms with Crippen molar-refractivity contribution in [2.24, 2.45) is 0 Å². The molecule has 1 fully saturated rings. The second-order valence-electron chi connectivity index (χ2n) is 10.2. The van der Waals surface area contributed by atoms with Crippen LogP contribution in [0.1, 0.15) is 45.5 Å². The van der Waals surface area contributed by atoms with Crippen molar-refractivity contribution >= 4 is 34.6 Å². The number of rotatable bonds is 5. The Hall–Kier alpha value is -4.00. The highest BCUT2D eigenvalue weighted by Crippen LogP contribution is 2.57. The molecule has 6 nitrogen and oxygen atoms in total. The molecule has 3 heterocycles. The Kier molecular flexibility index (Phi) is 5.76. The van der Waals surface area contributed by atoms with Gasteiger partial charge in [-0.2, -0.15) is 0 Å². The first-order valence-electron chi connectivity index (χ1n) is 13.2. The zero-order valence-corrected chi connectivity index (χ0v) is 22.2. The second kappa shape index (κ2) is 9.33. The predicted molar refractivity (Wildman–Crippen MR) is 152 cm³/mol. The van der Waals surface area contributed by atoms with Crippen molar-refractivity contribution < 1.29 is 19.0 Å². The van der Waals surface area contributed by atoms with Crippen LogP contribution in [0, 0.1) is 6.92 Å². The van der Waals surface area contributed by atoms with E-state index in [2.05, 4.69) is 23.6 Å². The molecule has 2 atom stereocenters. The first-order chi connectivity index (χ1) is 19.0. The third-order valence-corrected chi connectivity index (χ3v) is 8.08. The van der Waals surface area contributed by atoms with Crippen LogP contribution in [0.15, 0.2) is 78.9 Å². The van der Waals surface area contributed by atoms with E-state index in [9.17, 15) is 4.79 Å². The number of benzene rings is 4. The first-order valence-corrected chi connectivity index (χ1v) is 13.6. The molecule has 0 radical (unpaired) electrons. The first kappa shape index (κ1) is 24.1. The number of aryl methyl sites for hydroxylation is 1. The van der Waals surface area contributed by atoms with Gasteiger partial charge in [0.05, 0.1) is 22.4 Å². The number of carbonyl (C=O) groups excluding carboxylic acids is 1. The Morgan fingerprint density at radius 3 is 2.59 bits per heavy atom. The summed E-state index contributed by atoms with van der Waals surface area (Å²) in [7, 11) is 0. The van der Waals surface area contributed by atoms with Crippen molar-refractivity contribution in [2.75, 3.05) is 23.8 Å². The van der Waals surface area contributed by atoms with Gasteiger partial charge in [-0.05, 0) is 67.8 Å². The van der Waals surface area contributed by atoms with Gasteiger partial charge in [0.25, 0.3) is 0 Å². The lowest BCUT2D eigenvalue weighted by atomic mass is 9.77. The Labute approximate surface area is 231 Å². The lowest BCUT2D eigenvalue weighted by Crippen LogP contribution is -2.33. The van der Waals surface area contributed by atoms with E-state index in [0.29, 0.717) is 22.1 Å². The summed E-state index contributed by atoms with van der Waals surface area (Å²) in [5, 5.41) is 7.56. The quantitative estimate of drug-likeness (QED) is 0.256. The number of esters is 1. The average molecular weight is 539 g/mol. The van der Waals surface area contributed by atoms with Crippen molar-refractivity contribution in [2.45, 2.75) is 31.5 Å². The number of halogens is 1. The minimum atomic E-state index is -1.15. The van der Waals surface area contributed by atoms with Crippen LogP contribution in [-0.4, -0.2) is 25.2 Å². The van der Waals surface area contributed by atoms with Gasteiger partial charge >= 0.3 is 5.97 Å². The lowest BCUT2D eigenvalue weighted by molar-refractivity contribution is 0.0224. The molecule has 0 saturated carbocycles. The molecule has 7 heteroatoms. The maximum Gasteiger partial charge on any atom is 0.340 e. The highest BCUT2D eigenvalue weighted by atomic mass is 35.5. The third-order valence-electron chi connectivity index (χ3n) is 7.75. The molecule has 0 aliphatic carbocycles. The van der Waals surface area contributed by atoms with Crippen molar-refractivity contribution in [3.63, 3.8) is 0 Å². The second-order valence-corrected chi connectivity index (χ2v) is 10.6. The monoisotopic (exact) mass is 538 g/mol. The minimum Gasteiger partial charge on any atom is -0.456 e. The fraction of sp³-hybridized carbons (Fsp3) is 0.219. The molecule has 0 amide bonds. The maximum absolute atomic E-state index is 13.3. The molecular weight excluding hydrogens is 512 g/mol. The van der Waals surface area contributed by atoms with Crippen LogP contribution >= 0.6 is 11.6 Å². The highest BCUT2D eigenvalue weighted by Gasteiger charge is 2.53. The zero-order valence-electron chi connectivity index (χ0n) is 21.4. The lowest BCUT2D eigenvalue weighted by Gasteiger charge is -2.37. The van der Waals surface area contributed by atoms with Gasteiger partial charge in [-0.25, -0.2) is 4.79 Å². The Morgan fingerprint density at radius 2 is 1.74 bits per heavy atom. The number of hydrogen-bond acceptors (Lipinski definition) is 6. The third kappa shape index (κ3) is 3.94. The molecule has 1 spiro atoms. The fourth-order valence-electron chi connectivity index (χ4n) is 5.84. The Bertz CT molecular complexity index is 1610. The number of ether oxygens (including phenoxy) is 3. The van der Waals surface area contributed by atoms with Gasteiger partial charge < -0.3 is 24.8 Å². The summed E-state index contributed by atoms with van der Waals surface area (Å²) < 4.78 is 18.7. The fourth-order valence-corrected chi connectivity index (χ4v) is 6.02. The van der Waals surface area contributed by atoms with Crippen molar-refractivity contribution in [3.8, 4) is 11.5 Å². The molecule has 4 aromatic rings. The van der Waals surface area contributed by atoms with Gasteiger partial charge in [-0.1, -0.05) is 41.9 Å². The number of carbonyl (C=O) groups is 1. The van der Waals surface area contributed by atoms with Crippen LogP contribution in [0.2, 0.25) is 5.02 Å². The standard InChI is InChI=1S/C32H27ClN2O4/c1-19-15-24-30(17-28(19)34-18-21-7-6-14-37-21)38-29-13-12-20(35-27-11-5-4-10-26(27)33)16-25(29)32(24)23-9-3-2-8-22(23)31(36)39-32/h2-5,8-13,15-17,21,34-35H,6-7,14,18H2,1H3. The molecular formula is C32H27ClN2O4. The molecule has 1 saturated heterocycles. The molecule has 7 rings (SSSR count). The highest BCUT2D eigenvalue weighted by molar-refractivity contribution is 6.33. The molecule has 3 aliphatic rings. The number of anilines is 3. The summed E-state index contributed by atoms with van der Waals surface area (Å²) >= 11 is 6.42. The molecule has 0 aromatic heterocycles. The van der Waals surface area contributed by atoms with Crippen molar-refractivity contribution in [1.29, 1.82) is 0 Å². The van der Waals surface area contributed by atoms with E-state index in [0.717, 1.165) is 65.3 Å². The number of hydrogen-bond donors (Lipinski definition) is 2. The smallest absolute Gasteiger partial charge is 0.340 e. The minimum absolute atomic E-state index is 0.208. The molecule has 196 valence electrons. The zero-order chi connectivity index (χ0) is 26.6. The topological polar surface area (TPSA) is 68.8 Å². The van der Waals surface area contributed by atoms with Gasteiger partial charge in [0.1, 0.15) is 11.5 Å². The van der Waals surface area contributed by atoms with E-state index in [1.54, 1.807) is 0 Å². The van der Waals surface area contributed by atoms with Gasteiger partial charge in [0.2, 0.25) is 0 Å². The molecule has 39 heavy (non-hydrogen) atoms. The van der Waals surface area contributed by atoms with Gasteiger partial charge in [0.15, 0.2) is 5.60 Å². The Balaban J connectivity index is 1.36. The number of para-hydroxylation sites is 1. The van der Waals surface area contributed by atoms with Crippen LogP contribution in [0.3, 0.4) is 0 Å². The summed E-state index contributed by atoms with van der Waals surface area (Å²) in [5.41, 5.74) is 5.35. The molecule has 4 aromatic carbocycles. The molecule has 2 N–H and O–H groups in total. The van der Waals surface area contributed by atoms with Crippen LogP contribution in [-0.2, 0) is 15.1 Å². The number of nitrogens with one attached hydrogen (secondary N) is 2. The summed E-state index contributed by atoms with van der Waals surface area (Å²) in [6.45, 7) is 3.60. The van der Waals surface area contributed by atoms with E-state index in [-0.39, 0.29) is 12.1 Å². The predicted octanol–water partition coefficient (Wildman–Crippen LogP) is 7.55. The van der Waals surface area contributed by atoms with E-state index in [1.165, 1.54) is 0 Å².